The molecule has 3 rings (SSSR count). The summed E-state index contributed by atoms with van der Waals surface area (Å²) in [6.45, 7) is 2.25. The molecule has 0 aliphatic carbocycles. The van der Waals surface area contributed by atoms with Gasteiger partial charge in [0.05, 0.1) is 11.5 Å². The molecule has 0 spiro atoms. The Hall–Kier alpha value is -3.67. The summed E-state index contributed by atoms with van der Waals surface area (Å²) in [4.78, 5) is 27.7. The second kappa shape index (κ2) is 10.6. The molecule has 0 saturated carbocycles. The number of nitrogens with one attached hydrogen (secondary N) is 2. The summed E-state index contributed by atoms with van der Waals surface area (Å²) in [6, 6.07) is 20.9. The molecule has 0 fully saturated rings. The number of hydrogen-bond donors (Lipinski definition) is 2. The number of anilines is 2. The van der Waals surface area contributed by atoms with E-state index >= 15 is 0 Å². The smallest absolute Gasteiger partial charge is 0.253 e. The maximum absolute atomic E-state index is 13.1. The van der Waals surface area contributed by atoms with Crippen LogP contribution in [0.15, 0.2) is 72.8 Å². The lowest BCUT2D eigenvalue weighted by Crippen LogP contribution is -2.26. The summed E-state index contributed by atoms with van der Waals surface area (Å²) in [5, 5.41) is 5.82. The second-order valence-corrected chi connectivity index (χ2v) is 7.80. The highest BCUT2D eigenvalue weighted by Gasteiger charge is 2.20. The van der Waals surface area contributed by atoms with Gasteiger partial charge in [-0.1, -0.05) is 49.4 Å². The molecule has 0 heterocycles. The van der Waals surface area contributed by atoms with Gasteiger partial charge in [0.1, 0.15) is 5.82 Å². The van der Waals surface area contributed by atoms with Crippen molar-refractivity contribution in [1.82, 2.24) is 5.32 Å². The topological polar surface area (TPSA) is 61.4 Å². The lowest BCUT2D eigenvalue weighted by Gasteiger charge is -2.20. The van der Waals surface area contributed by atoms with E-state index in [2.05, 4.69) is 10.6 Å². The number of amides is 2. The summed E-state index contributed by atoms with van der Waals surface area (Å²) in [6.07, 6.45) is 0.663. The minimum atomic E-state index is -0.320. The number of halogens is 1. The van der Waals surface area contributed by atoms with Crippen molar-refractivity contribution >= 4 is 23.2 Å². The van der Waals surface area contributed by atoms with Crippen LogP contribution in [0, 0.1) is 5.82 Å². The first-order valence-electron chi connectivity index (χ1n) is 10.6. The number of hydrogen-bond acceptors (Lipinski definition) is 3. The van der Waals surface area contributed by atoms with Crippen molar-refractivity contribution in [3.05, 3.63) is 95.3 Å². The van der Waals surface area contributed by atoms with Gasteiger partial charge in [-0.05, 0) is 47.9 Å². The standard InChI is InChI=1S/C26H28FN3O2/c1-4-22(19-8-6-5-7-9-19)26(32)29-21-14-15-24(30(2)3)23(16-21)25(31)28-17-18-10-12-20(27)13-11-18/h5-16,22H,4,17H2,1-3H3,(H,28,31)(H,29,32)/t22-/m1/s1. The van der Waals surface area contributed by atoms with E-state index in [-0.39, 0.29) is 30.1 Å². The van der Waals surface area contributed by atoms with Crippen LogP contribution >= 0.6 is 0 Å². The van der Waals surface area contributed by atoms with Gasteiger partial charge in [-0.3, -0.25) is 9.59 Å². The third-order valence-electron chi connectivity index (χ3n) is 5.28. The van der Waals surface area contributed by atoms with Crippen molar-refractivity contribution in [3.63, 3.8) is 0 Å². The molecule has 6 heteroatoms. The zero-order valence-electron chi connectivity index (χ0n) is 18.6. The molecule has 3 aromatic carbocycles. The Morgan fingerprint density at radius 3 is 2.28 bits per heavy atom. The molecule has 0 bridgehead atoms. The molecular formula is C26H28FN3O2. The van der Waals surface area contributed by atoms with E-state index in [0.29, 0.717) is 17.7 Å². The Morgan fingerprint density at radius 1 is 0.969 bits per heavy atom. The van der Waals surface area contributed by atoms with Crippen molar-refractivity contribution < 1.29 is 14.0 Å². The number of benzene rings is 3. The largest absolute Gasteiger partial charge is 0.377 e. The predicted octanol–water partition coefficient (Wildman–Crippen LogP) is 4.95. The SMILES string of the molecule is CC[C@@H](C(=O)Nc1ccc(N(C)C)c(C(=O)NCc2ccc(F)cc2)c1)c1ccccc1. The number of rotatable bonds is 8. The first kappa shape index (κ1) is 23.0. The minimum absolute atomic E-state index is 0.117. The van der Waals surface area contributed by atoms with Crippen LogP contribution in [-0.2, 0) is 11.3 Å². The van der Waals surface area contributed by atoms with Crippen molar-refractivity contribution in [3.8, 4) is 0 Å². The zero-order chi connectivity index (χ0) is 23.1. The minimum Gasteiger partial charge on any atom is -0.377 e. The van der Waals surface area contributed by atoms with Crippen LogP contribution < -0.4 is 15.5 Å². The van der Waals surface area contributed by atoms with E-state index in [1.807, 2.05) is 62.3 Å². The van der Waals surface area contributed by atoms with Crippen LogP contribution in [0.5, 0.6) is 0 Å². The van der Waals surface area contributed by atoms with Gasteiger partial charge in [0, 0.05) is 32.0 Å². The summed E-state index contributed by atoms with van der Waals surface area (Å²) >= 11 is 0. The Kier molecular flexibility index (Phi) is 7.60. The number of nitrogens with zero attached hydrogens (tertiary/aromatic N) is 1. The average molecular weight is 434 g/mol. The maximum atomic E-state index is 13.1. The molecule has 2 amide bonds. The van der Waals surface area contributed by atoms with Crippen molar-refractivity contribution in [2.24, 2.45) is 0 Å². The highest BCUT2D eigenvalue weighted by molar-refractivity contribution is 6.02. The van der Waals surface area contributed by atoms with E-state index in [9.17, 15) is 14.0 Å². The molecule has 0 radical (unpaired) electrons. The molecule has 0 unspecified atom stereocenters. The van der Waals surface area contributed by atoms with Crippen LogP contribution in [0.2, 0.25) is 0 Å². The number of carbonyl (C=O) groups is 2. The average Bonchev–Trinajstić information content (AvgIpc) is 2.79. The molecule has 166 valence electrons. The van der Waals surface area contributed by atoms with Crippen LogP contribution in [0.4, 0.5) is 15.8 Å². The zero-order valence-corrected chi connectivity index (χ0v) is 18.6. The fourth-order valence-electron chi connectivity index (χ4n) is 3.55. The molecule has 5 nitrogen and oxygen atoms in total. The maximum Gasteiger partial charge on any atom is 0.253 e. The fourth-order valence-corrected chi connectivity index (χ4v) is 3.55. The van der Waals surface area contributed by atoms with Crippen molar-refractivity contribution in [2.75, 3.05) is 24.3 Å². The van der Waals surface area contributed by atoms with Crippen molar-refractivity contribution in [1.29, 1.82) is 0 Å². The van der Waals surface area contributed by atoms with Crippen LogP contribution in [0.1, 0.15) is 40.7 Å². The van der Waals surface area contributed by atoms with E-state index in [1.54, 1.807) is 24.3 Å². The van der Waals surface area contributed by atoms with E-state index in [0.717, 1.165) is 16.8 Å². The summed E-state index contributed by atoms with van der Waals surface area (Å²) in [5.41, 5.74) is 3.48. The van der Waals surface area contributed by atoms with Gasteiger partial charge >= 0.3 is 0 Å². The molecule has 0 saturated heterocycles. The predicted molar refractivity (Wildman–Crippen MR) is 126 cm³/mol. The second-order valence-electron chi connectivity index (χ2n) is 7.80. The molecule has 0 aliphatic rings. The Labute approximate surface area is 188 Å². The fraction of sp³-hybridized carbons (Fsp3) is 0.231. The lowest BCUT2D eigenvalue weighted by atomic mass is 9.95. The first-order chi connectivity index (χ1) is 15.4. The van der Waals surface area contributed by atoms with Gasteiger partial charge in [-0.2, -0.15) is 0 Å². The summed E-state index contributed by atoms with van der Waals surface area (Å²) in [7, 11) is 3.71. The summed E-state index contributed by atoms with van der Waals surface area (Å²) < 4.78 is 13.1. The molecule has 0 aliphatic heterocycles. The van der Waals surface area contributed by atoms with E-state index in [4.69, 9.17) is 0 Å². The van der Waals surface area contributed by atoms with E-state index in [1.165, 1.54) is 12.1 Å². The van der Waals surface area contributed by atoms with Gasteiger partial charge in [0.15, 0.2) is 0 Å². The Morgan fingerprint density at radius 2 is 1.66 bits per heavy atom. The lowest BCUT2D eigenvalue weighted by molar-refractivity contribution is -0.117. The van der Waals surface area contributed by atoms with Gasteiger partial charge < -0.3 is 15.5 Å². The van der Waals surface area contributed by atoms with Crippen molar-refractivity contribution in [2.45, 2.75) is 25.8 Å². The van der Waals surface area contributed by atoms with Crippen LogP contribution in [0.3, 0.4) is 0 Å². The Bertz CT molecular complexity index is 1070. The third-order valence-corrected chi connectivity index (χ3v) is 5.28. The van der Waals surface area contributed by atoms with Crippen LogP contribution in [-0.4, -0.2) is 25.9 Å². The highest BCUT2D eigenvalue weighted by Crippen LogP contribution is 2.26. The third kappa shape index (κ3) is 5.72. The molecule has 2 N–H and O–H groups in total. The Balaban J connectivity index is 1.78. The molecular weight excluding hydrogens is 405 g/mol. The first-order valence-corrected chi connectivity index (χ1v) is 10.6. The highest BCUT2D eigenvalue weighted by atomic mass is 19.1. The summed E-state index contributed by atoms with van der Waals surface area (Å²) in [5.74, 6) is -0.988. The molecule has 1 atom stereocenters. The molecule has 3 aromatic rings. The molecule has 32 heavy (non-hydrogen) atoms. The van der Waals surface area contributed by atoms with Gasteiger partial charge in [-0.25, -0.2) is 4.39 Å². The monoisotopic (exact) mass is 433 g/mol. The normalized spacial score (nSPS) is 11.5. The number of carbonyl (C=O) groups excluding carboxylic acids is 2. The van der Waals surface area contributed by atoms with Gasteiger partial charge in [-0.15, -0.1) is 0 Å². The van der Waals surface area contributed by atoms with Gasteiger partial charge in [0.2, 0.25) is 5.91 Å². The van der Waals surface area contributed by atoms with E-state index < -0.39 is 0 Å². The quantitative estimate of drug-likeness (QED) is 0.528. The molecule has 0 aromatic heterocycles. The van der Waals surface area contributed by atoms with Gasteiger partial charge in [0.25, 0.3) is 5.91 Å². The van der Waals surface area contributed by atoms with Crippen LogP contribution in [0.25, 0.3) is 0 Å².